The molecule has 0 saturated heterocycles. The maximum atomic E-state index is 11.2. The number of H-pyrrole nitrogens is 1. The highest BCUT2D eigenvalue weighted by Gasteiger charge is 2.04. The van der Waals surface area contributed by atoms with E-state index in [2.05, 4.69) is 32.7 Å². The van der Waals surface area contributed by atoms with Crippen LogP contribution in [0.2, 0.25) is 0 Å². The first-order valence-corrected chi connectivity index (χ1v) is 9.80. The molecule has 0 aliphatic carbocycles. The molecule has 1 heterocycles. The van der Waals surface area contributed by atoms with Crippen molar-refractivity contribution in [3.63, 3.8) is 0 Å². The minimum atomic E-state index is -2.98. The Morgan fingerprint density at radius 3 is 2.78 bits per heavy atom. The first-order valence-electron chi connectivity index (χ1n) is 7.74. The van der Waals surface area contributed by atoms with E-state index in [1.165, 1.54) is 17.2 Å². The summed E-state index contributed by atoms with van der Waals surface area (Å²) in [5, 5.41) is 7.59. The van der Waals surface area contributed by atoms with Crippen LogP contribution in [-0.2, 0) is 16.3 Å². The van der Waals surface area contributed by atoms with Crippen molar-refractivity contribution in [2.45, 2.75) is 13.3 Å². The second-order valence-corrected chi connectivity index (χ2v) is 7.69. The minimum Gasteiger partial charge on any atom is -0.361 e. The van der Waals surface area contributed by atoms with Gasteiger partial charge in [-0.1, -0.05) is 18.2 Å². The fourth-order valence-electron chi connectivity index (χ4n) is 2.32. The summed E-state index contributed by atoms with van der Waals surface area (Å²) in [7, 11) is -2.98. The fourth-order valence-corrected chi connectivity index (χ4v) is 2.74. The second-order valence-electron chi connectivity index (χ2n) is 5.43. The number of rotatable bonds is 7. The number of para-hydroxylation sites is 1. The quantitative estimate of drug-likeness (QED) is 0.526. The summed E-state index contributed by atoms with van der Waals surface area (Å²) in [5.74, 6) is 0.711. The van der Waals surface area contributed by atoms with Gasteiger partial charge < -0.3 is 15.6 Å². The lowest BCUT2D eigenvalue weighted by atomic mass is 10.1. The third-order valence-electron chi connectivity index (χ3n) is 3.44. The van der Waals surface area contributed by atoms with Crippen LogP contribution >= 0.6 is 0 Å². The zero-order chi connectivity index (χ0) is 16.7. The van der Waals surface area contributed by atoms with Crippen molar-refractivity contribution in [3.8, 4) is 0 Å². The number of sulfone groups is 1. The lowest BCUT2D eigenvalue weighted by Crippen LogP contribution is -2.38. The summed E-state index contributed by atoms with van der Waals surface area (Å²) < 4.78 is 22.3. The molecule has 0 aliphatic heterocycles. The fraction of sp³-hybridized carbons (Fsp3) is 0.438. The first kappa shape index (κ1) is 17.3. The molecule has 1 aromatic heterocycles. The van der Waals surface area contributed by atoms with Gasteiger partial charge in [-0.25, -0.2) is 8.42 Å². The number of aliphatic imine (C=N–C) groups is 1. The molecule has 0 fully saturated rings. The number of nitrogens with zero attached hydrogens (tertiary/aromatic N) is 1. The van der Waals surface area contributed by atoms with Crippen LogP contribution < -0.4 is 10.6 Å². The van der Waals surface area contributed by atoms with Crippen LogP contribution in [0.15, 0.2) is 35.5 Å². The van der Waals surface area contributed by atoms with Crippen molar-refractivity contribution in [2.75, 3.05) is 31.6 Å². The topological polar surface area (TPSA) is 86.3 Å². The molecule has 0 unspecified atom stereocenters. The average Bonchev–Trinajstić information content (AvgIpc) is 2.89. The van der Waals surface area contributed by atoms with Crippen molar-refractivity contribution >= 4 is 26.7 Å². The zero-order valence-corrected chi connectivity index (χ0v) is 14.4. The molecule has 0 spiro atoms. The van der Waals surface area contributed by atoms with Crippen molar-refractivity contribution in [2.24, 2.45) is 4.99 Å². The SMILES string of the molecule is CCNC(=NCCS(C)(=O)=O)NCCc1c[nH]c2ccccc12. The molecule has 0 amide bonds. The van der Waals surface area contributed by atoms with Crippen LogP contribution in [0.3, 0.4) is 0 Å². The van der Waals surface area contributed by atoms with Gasteiger partial charge >= 0.3 is 0 Å². The van der Waals surface area contributed by atoms with E-state index in [9.17, 15) is 8.42 Å². The van der Waals surface area contributed by atoms with Crippen molar-refractivity contribution in [1.29, 1.82) is 0 Å². The van der Waals surface area contributed by atoms with Crippen LogP contribution in [0, 0.1) is 0 Å². The van der Waals surface area contributed by atoms with Crippen LogP contribution in [0.25, 0.3) is 10.9 Å². The maximum absolute atomic E-state index is 11.2. The number of aromatic nitrogens is 1. The maximum Gasteiger partial charge on any atom is 0.191 e. The van der Waals surface area contributed by atoms with E-state index in [0.717, 1.165) is 25.0 Å². The van der Waals surface area contributed by atoms with Gasteiger partial charge in [0.25, 0.3) is 0 Å². The van der Waals surface area contributed by atoms with E-state index in [1.54, 1.807) is 0 Å². The molecule has 0 aliphatic rings. The average molecular weight is 336 g/mol. The third-order valence-corrected chi connectivity index (χ3v) is 4.36. The first-order chi connectivity index (χ1) is 11.0. The Balaban J connectivity index is 1.90. The molecule has 0 atom stereocenters. The van der Waals surface area contributed by atoms with Crippen molar-refractivity contribution < 1.29 is 8.42 Å². The summed E-state index contributed by atoms with van der Waals surface area (Å²) in [6, 6.07) is 8.21. The van der Waals surface area contributed by atoms with Crippen LogP contribution in [0.1, 0.15) is 12.5 Å². The van der Waals surface area contributed by atoms with Crippen molar-refractivity contribution in [1.82, 2.24) is 15.6 Å². The standard InChI is InChI=1S/C16H24N4O2S/c1-3-17-16(19-10-11-23(2,21)22)18-9-8-13-12-20-15-7-5-4-6-14(13)15/h4-7,12,20H,3,8-11H2,1-2H3,(H2,17,18,19). The predicted octanol–water partition coefficient (Wildman–Crippen LogP) is 1.31. The van der Waals surface area contributed by atoms with Crippen LogP contribution in [-0.4, -0.2) is 51.0 Å². The summed E-state index contributed by atoms with van der Waals surface area (Å²) in [5.41, 5.74) is 2.39. The summed E-state index contributed by atoms with van der Waals surface area (Å²) >= 11 is 0. The zero-order valence-electron chi connectivity index (χ0n) is 13.6. The predicted molar refractivity (Wildman–Crippen MR) is 95.7 cm³/mol. The molecule has 2 rings (SSSR count). The van der Waals surface area contributed by atoms with Gasteiger partial charge in [0.1, 0.15) is 9.84 Å². The Kier molecular flexibility index (Phi) is 6.04. The number of guanidine groups is 1. The molecule has 0 saturated carbocycles. The molecule has 126 valence electrons. The largest absolute Gasteiger partial charge is 0.361 e. The van der Waals surface area contributed by atoms with Gasteiger partial charge in [-0.3, -0.25) is 4.99 Å². The highest BCUT2D eigenvalue weighted by Crippen LogP contribution is 2.17. The molecule has 3 N–H and O–H groups in total. The van der Waals surface area contributed by atoms with E-state index in [4.69, 9.17) is 0 Å². The molecule has 7 heteroatoms. The summed E-state index contributed by atoms with van der Waals surface area (Å²) in [6.07, 6.45) is 4.11. The number of hydrogen-bond acceptors (Lipinski definition) is 3. The van der Waals surface area contributed by atoms with E-state index in [-0.39, 0.29) is 12.3 Å². The van der Waals surface area contributed by atoms with E-state index in [1.807, 2.05) is 25.3 Å². The lowest BCUT2D eigenvalue weighted by Gasteiger charge is -2.11. The molecular formula is C16H24N4O2S. The highest BCUT2D eigenvalue weighted by atomic mass is 32.2. The molecule has 0 radical (unpaired) electrons. The van der Waals surface area contributed by atoms with Gasteiger partial charge in [-0.05, 0) is 25.0 Å². The normalized spacial score (nSPS) is 12.5. The van der Waals surface area contributed by atoms with Gasteiger partial charge in [0, 0.05) is 36.4 Å². The van der Waals surface area contributed by atoms with E-state index >= 15 is 0 Å². The molecule has 0 bridgehead atoms. The van der Waals surface area contributed by atoms with Crippen LogP contribution in [0.4, 0.5) is 0 Å². The van der Waals surface area contributed by atoms with Gasteiger partial charge in [-0.2, -0.15) is 0 Å². The summed E-state index contributed by atoms with van der Waals surface area (Å²) in [6.45, 7) is 3.71. The van der Waals surface area contributed by atoms with Gasteiger partial charge in [0.05, 0.1) is 12.3 Å². The monoisotopic (exact) mass is 336 g/mol. The Morgan fingerprint density at radius 1 is 1.26 bits per heavy atom. The lowest BCUT2D eigenvalue weighted by molar-refractivity contribution is 0.601. The molecule has 2 aromatic rings. The third kappa shape index (κ3) is 5.59. The van der Waals surface area contributed by atoms with Gasteiger partial charge in [0.15, 0.2) is 5.96 Å². The van der Waals surface area contributed by atoms with Gasteiger partial charge in [0.2, 0.25) is 0 Å². The van der Waals surface area contributed by atoms with Crippen molar-refractivity contribution in [3.05, 3.63) is 36.0 Å². The Labute approximate surface area is 137 Å². The highest BCUT2D eigenvalue weighted by molar-refractivity contribution is 7.90. The number of fused-ring (bicyclic) bond motifs is 1. The molecule has 6 nitrogen and oxygen atoms in total. The molecular weight excluding hydrogens is 312 g/mol. The smallest absolute Gasteiger partial charge is 0.191 e. The number of aromatic amines is 1. The Morgan fingerprint density at radius 2 is 2.04 bits per heavy atom. The number of hydrogen-bond donors (Lipinski definition) is 3. The summed E-state index contributed by atoms with van der Waals surface area (Å²) in [4.78, 5) is 7.55. The Bertz CT molecular complexity index is 765. The molecule has 23 heavy (non-hydrogen) atoms. The Hall–Kier alpha value is -2.02. The van der Waals surface area contributed by atoms with Gasteiger partial charge in [-0.15, -0.1) is 0 Å². The number of benzene rings is 1. The van der Waals surface area contributed by atoms with E-state index in [0.29, 0.717) is 5.96 Å². The molecule has 1 aromatic carbocycles. The second kappa shape index (κ2) is 8.01. The minimum absolute atomic E-state index is 0.0615. The van der Waals surface area contributed by atoms with E-state index < -0.39 is 9.84 Å². The van der Waals surface area contributed by atoms with Crippen LogP contribution in [0.5, 0.6) is 0 Å². The number of nitrogens with one attached hydrogen (secondary N) is 3.